The number of rotatable bonds is 5. The SMILES string of the molecule is CCc1cnc(OCCOC(F)(F)F)c(Cl)c1. The molecule has 0 aromatic carbocycles. The molecule has 0 bridgehead atoms. The normalized spacial score (nSPS) is 11.6. The predicted molar refractivity (Wildman–Crippen MR) is 56.1 cm³/mol. The van der Waals surface area contributed by atoms with Gasteiger partial charge in [0.2, 0.25) is 5.88 Å². The van der Waals surface area contributed by atoms with Crippen molar-refractivity contribution in [1.29, 1.82) is 0 Å². The number of hydrogen-bond acceptors (Lipinski definition) is 3. The van der Waals surface area contributed by atoms with Crippen LogP contribution in [0.15, 0.2) is 12.3 Å². The summed E-state index contributed by atoms with van der Waals surface area (Å²) in [5.41, 5.74) is 0.925. The van der Waals surface area contributed by atoms with E-state index in [0.717, 1.165) is 12.0 Å². The average molecular weight is 270 g/mol. The molecule has 96 valence electrons. The van der Waals surface area contributed by atoms with Crippen LogP contribution in [0.3, 0.4) is 0 Å². The molecule has 0 spiro atoms. The van der Waals surface area contributed by atoms with Gasteiger partial charge in [0.25, 0.3) is 0 Å². The number of aromatic nitrogens is 1. The minimum absolute atomic E-state index is 0.106. The first-order chi connectivity index (χ1) is 7.92. The van der Waals surface area contributed by atoms with Gasteiger partial charge >= 0.3 is 6.36 Å². The van der Waals surface area contributed by atoms with Crippen molar-refractivity contribution in [3.8, 4) is 5.88 Å². The third-order valence-corrected chi connectivity index (χ3v) is 2.13. The molecule has 7 heteroatoms. The van der Waals surface area contributed by atoms with Gasteiger partial charge in [0.15, 0.2) is 0 Å². The number of halogens is 4. The van der Waals surface area contributed by atoms with Crippen LogP contribution in [0.4, 0.5) is 13.2 Å². The topological polar surface area (TPSA) is 31.4 Å². The van der Waals surface area contributed by atoms with Crippen LogP contribution in [0.25, 0.3) is 0 Å². The van der Waals surface area contributed by atoms with Gasteiger partial charge < -0.3 is 4.74 Å². The molecule has 1 heterocycles. The standard InChI is InChI=1S/C10H11ClF3NO2/c1-2-7-5-8(11)9(15-6-7)16-3-4-17-10(12,13)14/h5-6H,2-4H2,1H3. The first-order valence-electron chi connectivity index (χ1n) is 4.90. The van der Waals surface area contributed by atoms with E-state index in [0.29, 0.717) is 0 Å². The third-order valence-electron chi connectivity index (χ3n) is 1.86. The summed E-state index contributed by atoms with van der Waals surface area (Å²) in [5.74, 6) is 0.106. The lowest BCUT2D eigenvalue weighted by Gasteiger charge is -2.09. The van der Waals surface area contributed by atoms with E-state index in [1.165, 1.54) is 0 Å². The van der Waals surface area contributed by atoms with Crippen LogP contribution in [0.5, 0.6) is 5.88 Å². The molecule has 0 fully saturated rings. The van der Waals surface area contributed by atoms with E-state index < -0.39 is 13.0 Å². The van der Waals surface area contributed by atoms with Gasteiger partial charge in [-0.3, -0.25) is 4.74 Å². The molecule has 0 aliphatic heterocycles. The highest BCUT2D eigenvalue weighted by Crippen LogP contribution is 2.22. The summed E-state index contributed by atoms with van der Waals surface area (Å²) < 4.78 is 43.4. The molecule has 1 aromatic heterocycles. The first kappa shape index (κ1) is 14.1. The molecule has 0 saturated heterocycles. The highest BCUT2D eigenvalue weighted by atomic mass is 35.5. The van der Waals surface area contributed by atoms with E-state index in [-0.39, 0.29) is 17.5 Å². The van der Waals surface area contributed by atoms with E-state index in [1.807, 2.05) is 6.92 Å². The maximum absolute atomic E-state index is 11.6. The van der Waals surface area contributed by atoms with Crippen LogP contribution >= 0.6 is 11.6 Å². The fourth-order valence-corrected chi connectivity index (χ4v) is 1.30. The Morgan fingerprint density at radius 1 is 1.35 bits per heavy atom. The molecule has 17 heavy (non-hydrogen) atoms. The lowest BCUT2D eigenvalue weighted by atomic mass is 10.2. The quantitative estimate of drug-likeness (QED) is 0.769. The molecular formula is C10H11ClF3NO2. The summed E-state index contributed by atoms with van der Waals surface area (Å²) in [6.07, 6.45) is -2.32. The molecular weight excluding hydrogens is 259 g/mol. The lowest BCUT2D eigenvalue weighted by Crippen LogP contribution is -2.18. The summed E-state index contributed by atoms with van der Waals surface area (Å²) in [7, 11) is 0. The summed E-state index contributed by atoms with van der Waals surface area (Å²) in [6, 6.07) is 1.66. The molecule has 0 N–H and O–H groups in total. The highest BCUT2D eigenvalue weighted by molar-refractivity contribution is 6.31. The number of hydrogen-bond donors (Lipinski definition) is 0. The molecule has 1 aromatic rings. The van der Waals surface area contributed by atoms with E-state index in [2.05, 4.69) is 9.72 Å². The van der Waals surface area contributed by atoms with Crippen molar-refractivity contribution in [3.63, 3.8) is 0 Å². The zero-order chi connectivity index (χ0) is 12.9. The Hall–Kier alpha value is -1.01. The molecule has 0 unspecified atom stereocenters. The Morgan fingerprint density at radius 2 is 2.06 bits per heavy atom. The monoisotopic (exact) mass is 269 g/mol. The summed E-state index contributed by atoms with van der Waals surface area (Å²) >= 11 is 5.83. The van der Waals surface area contributed by atoms with Gasteiger partial charge in [-0.15, -0.1) is 13.2 Å². The number of aryl methyl sites for hydroxylation is 1. The van der Waals surface area contributed by atoms with E-state index in [1.54, 1.807) is 12.3 Å². The van der Waals surface area contributed by atoms with Crippen LogP contribution < -0.4 is 4.74 Å². The average Bonchev–Trinajstić information content (AvgIpc) is 2.24. The van der Waals surface area contributed by atoms with Crippen LogP contribution in [0, 0.1) is 0 Å². The van der Waals surface area contributed by atoms with Gasteiger partial charge in [-0.1, -0.05) is 18.5 Å². The van der Waals surface area contributed by atoms with Crippen LogP contribution in [-0.4, -0.2) is 24.6 Å². The van der Waals surface area contributed by atoms with Gasteiger partial charge in [0.1, 0.15) is 11.6 Å². The minimum Gasteiger partial charge on any atom is -0.474 e. The Balaban J connectivity index is 2.42. The van der Waals surface area contributed by atoms with Crippen LogP contribution in [0.1, 0.15) is 12.5 Å². The molecule has 0 atom stereocenters. The minimum atomic E-state index is -4.65. The maximum Gasteiger partial charge on any atom is 0.522 e. The van der Waals surface area contributed by atoms with Crippen molar-refractivity contribution in [1.82, 2.24) is 4.98 Å². The molecule has 0 aliphatic rings. The third kappa shape index (κ3) is 5.23. The Bertz CT molecular complexity index is 371. The zero-order valence-corrected chi connectivity index (χ0v) is 9.81. The van der Waals surface area contributed by atoms with Gasteiger partial charge in [0.05, 0.1) is 6.61 Å². The fraction of sp³-hybridized carbons (Fsp3) is 0.500. The molecule has 0 radical (unpaired) electrons. The predicted octanol–water partition coefficient (Wildman–Crippen LogP) is 3.21. The molecule has 0 aliphatic carbocycles. The van der Waals surface area contributed by atoms with Gasteiger partial charge in [0, 0.05) is 6.20 Å². The van der Waals surface area contributed by atoms with Crippen molar-refractivity contribution in [3.05, 3.63) is 22.8 Å². The highest BCUT2D eigenvalue weighted by Gasteiger charge is 2.28. The van der Waals surface area contributed by atoms with E-state index in [9.17, 15) is 13.2 Å². The smallest absolute Gasteiger partial charge is 0.474 e. The van der Waals surface area contributed by atoms with E-state index >= 15 is 0 Å². The summed E-state index contributed by atoms with van der Waals surface area (Å²) in [5, 5.41) is 0.274. The summed E-state index contributed by atoms with van der Waals surface area (Å²) in [4.78, 5) is 3.89. The van der Waals surface area contributed by atoms with Crippen LogP contribution in [0.2, 0.25) is 5.02 Å². The van der Waals surface area contributed by atoms with E-state index in [4.69, 9.17) is 16.3 Å². The summed E-state index contributed by atoms with van der Waals surface area (Å²) in [6.45, 7) is 1.07. The largest absolute Gasteiger partial charge is 0.522 e. The van der Waals surface area contributed by atoms with Crippen molar-refractivity contribution < 1.29 is 22.6 Å². The van der Waals surface area contributed by atoms with Gasteiger partial charge in [-0.2, -0.15) is 0 Å². The number of pyridine rings is 1. The Kier molecular flexibility index (Phi) is 5.02. The number of nitrogens with zero attached hydrogens (tertiary/aromatic N) is 1. The van der Waals surface area contributed by atoms with Crippen LogP contribution in [-0.2, 0) is 11.2 Å². The number of alkyl halides is 3. The molecule has 0 amide bonds. The molecule has 0 saturated carbocycles. The maximum atomic E-state index is 11.6. The van der Waals surface area contributed by atoms with Gasteiger partial charge in [-0.05, 0) is 18.1 Å². The van der Waals surface area contributed by atoms with Crippen molar-refractivity contribution in [2.24, 2.45) is 0 Å². The number of ether oxygens (including phenoxy) is 2. The lowest BCUT2D eigenvalue weighted by molar-refractivity contribution is -0.325. The Morgan fingerprint density at radius 3 is 2.59 bits per heavy atom. The second-order valence-corrected chi connectivity index (χ2v) is 3.53. The Labute approximate surface area is 102 Å². The second kappa shape index (κ2) is 6.07. The van der Waals surface area contributed by atoms with Crippen molar-refractivity contribution >= 4 is 11.6 Å². The first-order valence-corrected chi connectivity index (χ1v) is 5.28. The molecule has 3 nitrogen and oxygen atoms in total. The van der Waals surface area contributed by atoms with Crippen molar-refractivity contribution in [2.45, 2.75) is 19.7 Å². The molecule has 1 rings (SSSR count). The zero-order valence-electron chi connectivity index (χ0n) is 9.05. The fourth-order valence-electron chi connectivity index (χ4n) is 1.06. The van der Waals surface area contributed by atoms with Crippen molar-refractivity contribution in [2.75, 3.05) is 13.2 Å². The van der Waals surface area contributed by atoms with Gasteiger partial charge in [-0.25, -0.2) is 4.98 Å². The second-order valence-electron chi connectivity index (χ2n) is 3.13.